The highest BCUT2D eigenvalue weighted by molar-refractivity contribution is 8.13. The van der Waals surface area contributed by atoms with Crippen LogP contribution in [0.2, 0.25) is 0 Å². The third kappa shape index (κ3) is 3.40. The molecule has 1 aromatic heterocycles. The molecule has 1 aromatic carbocycles. The lowest BCUT2D eigenvalue weighted by Gasteiger charge is -2.04. The second kappa shape index (κ2) is 5.45. The minimum Gasteiger partial charge on any atom is -0.353 e. The fourth-order valence-electron chi connectivity index (χ4n) is 1.69. The van der Waals surface area contributed by atoms with Crippen molar-refractivity contribution in [2.75, 3.05) is 5.32 Å². The van der Waals surface area contributed by atoms with Crippen molar-refractivity contribution in [1.29, 1.82) is 0 Å². The number of halogens is 3. The molecular weight excluding hydrogens is 326 g/mol. The third-order valence-corrected chi connectivity index (χ3v) is 4.10. The lowest BCUT2D eigenvalue weighted by atomic mass is 10.3. The normalized spacial score (nSPS) is 11.4. The molecule has 2 rings (SSSR count). The summed E-state index contributed by atoms with van der Waals surface area (Å²) in [5.74, 6) is -2.87. The highest BCUT2D eigenvalue weighted by Gasteiger charge is 2.20. The number of nitrogens with one attached hydrogen (secondary N) is 2. The van der Waals surface area contributed by atoms with Crippen molar-refractivity contribution in [3.8, 4) is 0 Å². The summed E-state index contributed by atoms with van der Waals surface area (Å²) in [6.45, 7) is 1.43. The van der Waals surface area contributed by atoms with Gasteiger partial charge in [-0.25, -0.2) is 17.2 Å². The number of anilines is 1. The van der Waals surface area contributed by atoms with Gasteiger partial charge >= 0.3 is 0 Å². The van der Waals surface area contributed by atoms with E-state index in [1.165, 1.54) is 13.0 Å². The van der Waals surface area contributed by atoms with E-state index in [1.807, 2.05) is 0 Å². The third-order valence-electron chi connectivity index (χ3n) is 2.65. The summed E-state index contributed by atoms with van der Waals surface area (Å²) < 4.78 is 48.3. The number of H-pyrrole nitrogens is 1. The van der Waals surface area contributed by atoms with Crippen molar-refractivity contribution in [3.05, 3.63) is 47.3 Å². The van der Waals surface area contributed by atoms with Crippen LogP contribution < -0.4 is 5.32 Å². The first-order chi connectivity index (χ1) is 9.68. The van der Waals surface area contributed by atoms with Crippen molar-refractivity contribution in [3.63, 3.8) is 0 Å². The van der Waals surface area contributed by atoms with Gasteiger partial charge in [0, 0.05) is 28.1 Å². The topological polar surface area (TPSA) is 79.0 Å². The van der Waals surface area contributed by atoms with Crippen LogP contribution in [0.25, 0.3) is 0 Å². The fraction of sp³-hybridized carbons (Fsp3) is 0.0833. The van der Waals surface area contributed by atoms with Crippen molar-refractivity contribution < 1.29 is 22.0 Å². The summed E-state index contributed by atoms with van der Waals surface area (Å²) in [6, 6.07) is 3.90. The number of amides is 1. The van der Waals surface area contributed by atoms with Gasteiger partial charge in [0.2, 0.25) is 0 Å². The first kappa shape index (κ1) is 15.5. The molecule has 0 saturated heterocycles. The maximum absolute atomic E-state index is 13.0. The van der Waals surface area contributed by atoms with E-state index in [-0.39, 0.29) is 22.0 Å². The van der Waals surface area contributed by atoms with Gasteiger partial charge in [-0.05, 0) is 25.1 Å². The van der Waals surface area contributed by atoms with Crippen molar-refractivity contribution in [1.82, 2.24) is 4.98 Å². The van der Waals surface area contributed by atoms with E-state index in [0.29, 0.717) is 0 Å². The minimum atomic E-state index is -3.98. The van der Waals surface area contributed by atoms with E-state index < -0.39 is 26.6 Å². The molecule has 0 atom stereocenters. The summed E-state index contributed by atoms with van der Waals surface area (Å²) in [7, 11) is 1.23. The second-order valence-corrected chi connectivity index (χ2v) is 6.73. The summed E-state index contributed by atoms with van der Waals surface area (Å²) in [6.07, 6.45) is 0. The monoisotopic (exact) mass is 334 g/mol. The van der Waals surface area contributed by atoms with Crippen molar-refractivity contribution >= 4 is 31.3 Å². The van der Waals surface area contributed by atoms with Gasteiger partial charge in [0.05, 0.1) is 0 Å². The number of benzene rings is 1. The Labute approximate surface area is 123 Å². The fourth-order valence-corrected chi connectivity index (χ4v) is 2.84. The van der Waals surface area contributed by atoms with Gasteiger partial charge < -0.3 is 10.3 Å². The summed E-state index contributed by atoms with van der Waals surface area (Å²) in [4.78, 5) is 14.2. The average molecular weight is 335 g/mol. The molecule has 0 saturated carbocycles. The molecule has 112 valence electrons. The lowest BCUT2D eigenvalue weighted by Crippen LogP contribution is -2.12. The number of hydrogen-bond donors (Lipinski definition) is 2. The largest absolute Gasteiger partial charge is 0.353 e. The van der Waals surface area contributed by atoms with E-state index in [2.05, 4.69) is 10.3 Å². The van der Waals surface area contributed by atoms with Gasteiger partial charge in [0.15, 0.2) is 11.6 Å². The number of carbonyl (C=O) groups excluding carboxylic acids is 1. The first-order valence-corrected chi connectivity index (χ1v) is 7.90. The van der Waals surface area contributed by atoms with Gasteiger partial charge in [0.1, 0.15) is 10.6 Å². The standard InChI is InChI=1S/C12H9ClF2N2O3S/c1-6-11(21(13,19)20)5-10(16-6)12(18)17-7-2-3-8(14)9(15)4-7/h2-5,16H,1H3,(H,17,18). The van der Waals surface area contributed by atoms with Gasteiger partial charge in [-0.1, -0.05) is 0 Å². The highest BCUT2D eigenvalue weighted by Crippen LogP contribution is 2.21. The molecule has 0 aliphatic heterocycles. The van der Waals surface area contributed by atoms with Crippen LogP contribution in [0.1, 0.15) is 16.2 Å². The van der Waals surface area contributed by atoms with Crippen LogP contribution in [0.3, 0.4) is 0 Å². The minimum absolute atomic E-state index is 0.0291. The molecule has 0 bridgehead atoms. The predicted molar refractivity (Wildman–Crippen MR) is 72.9 cm³/mol. The Morgan fingerprint density at radius 1 is 1.24 bits per heavy atom. The van der Waals surface area contributed by atoms with Crippen LogP contribution in [0.4, 0.5) is 14.5 Å². The van der Waals surface area contributed by atoms with E-state index in [9.17, 15) is 22.0 Å². The Kier molecular flexibility index (Phi) is 4.02. The molecule has 0 aliphatic rings. The van der Waals surface area contributed by atoms with Gasteiger partial charge in [-0.15, -0.1) is 0 Å². The van der Waals surface area contributed by atoms with E-state index in [0.717, 1.165) is 18.2 Å². The number of aryl methyl sites for hydroxylation is 1. The maximum atomic E-state index is 13.0. The molecule has 0 radical (unpaired) electrons. The Hall–Kier alpha value is -1.93. The SMILES string of the molecule is Cc1[nH]c(C(=O)Nc2ccc(F)c(F)c2)cc1S(=O)(=O)Cl. The molecule has 0 spiro atoms. The van der Waals surface area contributed by atoms with E-state index in [1.54, 1.807) is 0 Å². The maximum Gasteiger partial charge on any atom is 0.272 e. The van der Waals surface area contributed by atoms with Crippen LogP contribution in [-0.4, -0.2) is 19.3 Å². The van der Waals surface area contributed by atoms with Gasteiger partial charge in [-0.3, -0.25) is 4.79 Å². The summed E-state index contributed by atoms with van der Waals surface area (Å²) in [5, 5.41) is 2.30. The predicted octanol–water partition coefficient (Wildman–Crippen LogP) is 2.78. The molecule has 2 N–H and O–H groups in total. The van der Waals surface area contributed by atoms with E-state index >= 15 is 0 Å². The Morgan fingerprint density at radius 3 is 2.43 bits per heavy atom. The molecule has 1 heterocycles. The Morgan fingerprint density at radius 2 is 1.90 bits per heavy atom. The smallest absolute Gasteiger partial charge is 0.272 e. The lowest BCUT2D eigenvalue weighted by molar-refractivity contribution is 0.102. The number of aromatic nitrogens is 1. The average Bonchev–Trinajstić information content (AvgIpc) is 2.76. The molecule has 0 unspecified atom stereocenters. The zero-order valence-electron chi connectivity index (χ0n) is 10.6. The Balaban J connectivity index is 2.27. The zero-order valence-corrected chi connectivity index (χ0v) is 12.1. The van der Waals surface area contributed by atoms with Crippen molar-refractivity contribution in [2.24, 2.45) is 0 Å². The van der Waals surface area contributed by atoms with Crippen molar-refractivity contribution in [2.45, 2.75) is 11.8 Å². The van der Waals surface area contributed by atoms with Crippen LogP contribution >= 0.6 is 10.7 Å². The molecule has 2 aromatic rings. The molecule has 21 heavy (non-hydrogen) atoms. The Bertz CT molecular complexity index is 818. The number of hydrogen-bond acceptors (Lipinski definition) is 3. The van der Waals surface area contributed by atoms with E-state index in [4.69, 9.17) is 10.7 Å². The van der Waals surface area contributed by atoms with Gasteiger partial charge in [0.25, 0.3) is 15.0 Å². The van der Waals surface area contributed by atoms with Crippen LogP contribution in [0, 0.1) is 18.6 Å². The first-order valence-electron chi connectivity index (χ1n) is 5.59. The summed E-state index contributed by atoms with van der Waals surface area (Å²) in [5.41, 5.74) is 0.151. The molecule has 5 nitrogen and oxygen atoms in total. The molecular formula is C12H9ClF2N2O3S. The highest BCUT2D eigenvalue weighted by atomic mass is 35.7. The zero-order chi connectivity index (χ0) is 15.8. The van der Waals surface area contributed by atoms with Crippen LogP contribution in [0.5, 0.6) is 0 Å². The van der Waals surface area contributed by atoms with Gasteiger partial charge in [-0.2, -0.15) is 0 Å². The number of aromatic amines is 1. The quantitative estimate of drug-likeness (QED) is 0.847. The van der Waals surface area contributed by atoms with Crippen LogP contribution in [-0.2, 0) is 9.05 Å². The number of carbonyl (C=O) groups is 1. The molecule has 1 amide bonds. The number of rotatable bonds is 3. The molecule has 0 fully saturated rings. The second-order valence-electron chi connectivity index (χ2n) is 4.19. The van der Waals surface area contributed by atoms with Crippen LogP contribution in [0.15, 0.2) is 29.2 Å². The summed E-state index contributed by atoms with van der Waals surface area (Å²) >= 11 is 0. The molecule has 0 aliphatic carbocycles. The molecule has 9 heteroatoms.